The Bertz CT molecular complexity index is 361. The van der Waals surface area contributed by atoms with E-state index in [0.29, 0.717) is 5.11 Å². The van der Waals surface area contributed by atoms with Crippen molar-refractivity contribution in [3.05, 3.63) is 40.9 Å². The van der Waals surface area contributed by atoms with Crippen molar-refractivity contribution in [3.8, 4) is 0 Å². The van der Waals surface area contributed by atoms with Crippen molar-refractivity contribution >= 4 is 39.0 Å². The molecule has 0 aliphatic heterocycles. The van der Waals surface area contributed by atoms with Gasteiger partial charge in [-0.15, -0.1) is 0 Å². The van der Waals surface area contributed by atoms with E-state index >= 15 is 0 Å². The van der Waals surface area contributed by atoms with Gasteiger partial charge in [-0.3, -0.25) is 10.9 Å². The zero-order valence-corrected chi connectivity index (χ0v) is 10.7. The normalized spacial score (nSPS) is 9.20. The van der Waals surface area contributed by atoms with Crippen LogP contribution in [0.15, 0.2) is 35.3 Å². The molecule has 15 heavy (non-hydrogen) atoms. The molecule has 1 rings (SSSR count). The zero-order chi connectivity index (χ0) is 11.3. The van der Waals surface area contributed by atoms with Gasteiger partial charge in [-0.1, -0.05) is 34.6 Å². The molecule has 80 valence electrons. The molecule has 0 aliphatic rings. The molecule has 0 amide bonds. The lowest BCUT2D eigenvalue weighted by atomic mass is 10.2. The van der Waals surface area contributed by atoms with Gasteiger partial charge in [0.2, 0.25) is 0 Å². The van der Waals surface area contributed by atoms with Crippen LogP contribution in [0.2, 0.25) is 0 Å². The van der Waals surface area contributed by atoms with Crippen LogP contribution >= 0.6 is 28.1 Å². The first-order valence-corrected chi connectivity index (χ1v) is 5.52. The quantitative estimate of drug-likeness (QED) is 0.587. The molecule has 1 aromatic rings. The minimum atomic E-state index is 0.522. The van der Waals surface area contributed by atoms with E-state index in [9.17, 15) is 0 Å². The second-order valence-electron chi connectivity index (χ2n) is 2.81. The van der Waals surface area contributed by atoms with E-state index in [1.807, 2.05) is 24.3 Å². The molecule has 0 unspecified atom stereocenters. The molecule has 1 aromatic carbocycles. The van der Waals surface area contributed by atoms with E-state index in [4.69, 9.17) is 12.2 Å². The third kappa shape index (κ3) is 3.89. The number of thiocarbonyl (C=S) groups is 1. The molecule has 3 N–H and O–H groups in total. The minimum Gasteiger partial charge on any atom is -0.364 e. The second kappa shape index (κ2) is 5.72. The van der Waals surface area contributed by atoms with E-state index in [1.54, 1.807) is 7.05 Å². The smallest absolute Gasteiger partial charge is 0.184 e. The summed E-state index contributed by atoms with van der Waals surface area (Å²) in [7, 11) is 1.75. The molecule has 3 nitrogen and oxygen atoms in total. The second-order valence-corrected chi connectivity index (χ2v) is 4.14. The molecule has 0 aliphatic carbocycles. The van der Waals surface area contributed by atoms with E-state index in [2.05, 4.69) is 38.7 Å². The zero-order valence-electron chi connectivity index (χ0n) is 8.30. The average Bonchev–Trinajstić information content (AvgIpc) is 2.26. The molecule has 0 atom stereocenters. The van der Waals surface area contributed by atoms with Crippen LogP contribution < -0.4 is 16.2 Å². The number of halogens is 1. The third-order valence-corrected chi connectivity index (χ3v) is 2.58. The van der Waals surface area contributed by atoms with Crippen molar-refractivity contribution in [2.45, 2.75) is 0 Å². The lowest BCUT2D eigenvalue weighted by molar-refractivity contribution is 0.824. The summed E-state index contributed by atoms with van der Waals surface area (Å²) in [5, 5.41) is 3.31. The van der Waals surface area contributed by atoms with E-state index in [1.165, 1.54) is 0 Å². The predicted octanol–water partition coefficient (Wildman–Crippen LogP) is 2.02. The van der Waals surface area contributed by atoms with Crippen molar-refractivity contribution < 1.29 is 0 Å². The number of hydrogen-bond donors (Lipinski definition) is 3. The van der Waals surface area contributed by atoms with Crippen molar-refractivity contribution in [1.29, 1.82) is 0 Å². The summed E-state index contributed by atoms with van der Waals surface area (Å²) < 4.78 is 1.04. The summed E-state index contributed by atoms with van der Waals surface area (Å²) in [5.74, 6) is 0. The third-order valence-electron chi connectivity index (χ3n) is 1.75. The highest BCUT2D eigenvalue weighted by molar-refractivity contribution is 9.10. The van der Waals surface area contributed by atoms with Crippen molar-refractivity contribution in [3.63, 3.8) is 0 Å². The fourth-order valence-electron chi connectivity index (χ4n) is 0.918. The first-order valence-electron chi connectivity index (χ1n) is 4.32. The van der Waals surface area contributed by atoms with Gasteiger partial charge in [0.15, 0.2) is 5.11 Å². The van der Waals surface area contributed by atoms with Gasteiger partial charge < -0.3 is 5.32 Å². The fraction of sp³-hybridized carbons (Fsp3) is 0.100. The molecule has 5 heteroatoms. The summed E-state index contributed by atoms with van der Waals surface area (Å²) in [5.41, 5.74) is 7.48. The molecule has 0 radical (unpaired) electrons. The fourth-order valence-corrected chi connectivity index (χ4v) is 1.23. The lowest BCUT2D eigenvalue weighted by Gasteiger charge is -2.12. The highest BCUT2D eigenvalue weighted by Gasteiger charge is 1.98. The number of benzene rings is 1. The largest absolute Gasteiger partial charge is 0.364 e. The monoisotopic (exact) mass is 285 g/mol. The summed E-state index contributed by atoms with van der Waals surface area (Å²) >= 11 is 8.28. The molecular formula is C10H12BrN3S. The highest BCUT2D eigenvalue weighted by Crippen LogP contribution is 2.14. The predicted molar refractivity (Wildman–Crippen MR) is 71.1 cm³/mol. The number of nitrogens with one attached hydrogen (secondary N) is 3. The van der Waals surface area contributed by atoms with Crippen LogP contribution in [0.1, 0.15) is 5.56 Å². The Labute approximate surface area is 103 Å². The molecular weight excluding hydrogens is 274 g/mol. The molecule has 0 heterocycles. The van der Waals surface area contributed by atoms with Crippen molar-refractivity contribution in [2.24, 2.45) is 0 Å². The Kier molecular flexibility index (Phi) is 4.58. The van der Waals surface area contributed by atoms with Crippen LogP contribution in [0.25, 0.3) is 5.70 Å². The molecule has 0 bridgehead atoms. The highest BCUT2D eigenvalue weighted by atomic mass is 79.9. The Balaban J connectivity index is 2.54. The Hall–Kier alpha value is -1.07. The molecule has 0 spiro atoms. The van der Waals surface area contributed by atoms with Gasteiger partial charge >= 0.3 is 0 Å². The van der Waals surface area contributed by atoms with Gasteiger partial charge in [0, 0.05) is 11.5 Å². The van der Waals surface area contributed by atoms with Gasteiger partial charge in [-0.25, -0.2) is 0 Å². The van der Waals surface area contributed by atoms with Crippen LogP contribution in [0, 0.1) is 0 Å². The first-order chi connectivity index (χ1) is 7.13. The summed E-state index contributed by atoms with van der Waals surface area (Å²) in [6, 6.07) is 7.84. The molecule has 0 saturated carbocycles. The number of rotatable bonds is 3. The first kappa shape index (κ1) is 12.0. The van der Waals surface area contributed by atoms with Crippen LogP contribution in [0.3, 0.4) is 0 Å². The standard InChI is InChI=1S/C10H12BrN3S/c1-7(13-14-10(15)12-2)8-3-5-9(11)6-4-8/h3-6,13H,1H2,2H3,(H2,12,14,15). The van der Waals surface area contributed by atoms with Gasteiger partial charge in [-0.2, -0.15) is 0 Å². The Morgan fingerprint density at radius 2 is 1.87 bits per heavy atom. The molecule has 0 saturated heterocycles. The maximum atomic E-state index is 4.91. The van der Waals surface area contributed by atoms with Crippen LogP contribution in [0.5, 0.6) is 0 Å². The van der Waals surface area contributed by atoms with Gasteiger partial charge in [-0.05, 0) is 29.9 Å². The number of hydrogen-bond acceptors (Lipinski definition) is 2. The topological polar surface area (TPSA) is 36.1 Å². The summed E-state index contributed by atoms with van der Waals surface area (Å²) in [6.07, 6.45) is 0. The van der Waals surface area contributed by atoms with Crippen molar-refractivity contribution in [2.75, 3.05) is 7.05 Å². The maximum Gasteiger partial charge on any atom is 0.184 e. The van der Waals surface area contributed by atoms with Gasteiger partial charge in [0.05, 0.1) is 5.70 Å². The van der Waals surface area contributed by atoms with Gasteiger partial charge in [0.25, 0.3) is 0 Å². The van der Waals surface area contributed by atoms with E-state index < -0.39 is 0 Å². The van der Waals surface area contributed by atoms with E-state index in [0.717, 1.165) is 15.7 Å². The van der Waals surface area contributed by atoms with Gasteiger partial charge in [0.1, 0.15) is 0 Å². The lowest BCUT2D eigenvalue weighted by Crippen LogP contribution is -2.41. The SMILES string of the molecule is C=C(NNC(=S)NC)c1ccc(Br)cc1. The maximum absolute atomic E-state index is 4.91. The van der Waals surface area contributed by atoms with Crippen LogP contribution in [-0.4, -0.2) is 12.2 Å². The molecule has 0 fully saturated rings. The summed E-state index contributed by atoms with van der Waals surface area (Å²) in [6.45, 7) is 3.88. The van der Waals surface area contributed by atoms with Crippen LogP contribution in [-0.2, 0) is 0 Å². The Morgan fingerprint density at radius 3 is 2.40 bits per heavy atom. The Morgan fingerprint density at radius 1 is 1.27 bits per heavy atom. The molecule has 0 aromatic heterocycles. The average molecular weight is 286 g/mol. The minimum absolute atomic E-state index is 0.522. The number of hydrazine groups is 1. The van der Waals surface area contributed by atoms with Crippen LogP contribution in [0.4, 0.5) is 0 Å². The summed E-state index contributed by atoms with van der Waals surface area (Å²) in [4.78, 5) is 0. The van der Waals surface area contributed by atoms with Crippen molar-refractivity contribution in [1.82, 2.24) is 16.2 Å². The van der Waals surface area contributed by atoms with E-state index in [-0.39, 0.29) is 0 Å².